The number of nitrogens with one attached hydrogen (secondary N) is 3. The first-order valence-corrected chi connectivity index (χ1v) is 7.46. The second kappa shape index (κ2) is 8.36. The third-order valence-electron chi connectivity index (χ3n) is 4.02. The maximum Gasteiger partial charge on any atom is 0.272 e. The van der Waals surface area contributed by atoms with E-state index in [9.17, 15) is 4.79 Å². The minimum Gasteiger partial charge on any atom is -0.349 e. The molecule has 21 heavy (non-hydrogen) atoms. The molecule has 0 saturated carbocycles. The van der Waals surface area contributed by atoms with Gasteiger partial charge in [0.15, 0.2) is 5.69 Å². The molecular weight excluding hydrogens is 290 g/mol. The van der Waals surface area contributed by atoms with Crippen LogP contribution in [0.2, 0.25) is 0 Å². The van der Waals surface area contributed by atoms with E-state index in [0.717, 1.165) is 43.9 Å². The highest BCUT2D eigenvalue weighted by molar-refractivity contribution is 5.94. The van der Waals surface area contributed by atoms with Crippen LogP contribution in [0.25, 0.3) is 0 Å². The van der Waals surface area contributed by atoms with Gasteiger partial charge < -0.3 is 10.6 Å². The zero-order chi connectivity index (χ0) is 14.5. The van der Waals surface area contributed by atoms with Crippen molar-refractivity contribution in [1.29, 1.82) is 0 Å². The SMILES string of the molecule is CCN(CC)C(C)CNC(=O)c1n[nH]c2c1CNCC2.Cl. The van der Waals surface area contributed by atoms with Gasteiger partial charge in [0.25, 0.3) is 5.91 Å². The van der Waals surface area contributed by atoms with Crippen LogP contribution in [0.3, 0.4) is 0 Å². The zero-order valence-corrected chi connectivity index (χ0v) is 13.8. The second-order valence-electron chi connectivity index (χ2n) is 5.24. The zero-order valence-electron chi connectivity index (χ0n) is 13.0. The molecule has 2 rings (SSSR count). The number of likely N-dealkylation sites (N-methyl/N-ethyl adjacent to an activating group) is 1. The fourth-order valence-corrected chi connectivity index (χ4v) is 2.71. The molecule has 1 unspecified atom stereocenters. The van der Waals surface area contributed by atoms with Crippen LogP contribution >= 0.6 is 12.4 Å². The summed E-state index contributed by atoms with van der Waals surface area (Å²) in [5.74, 6) is -0.0785. The number of aromatic nitrogens is 2. The molecule has 0 saturated heterocycles. The lowest BCUT2D eigenvalue weighted by Gasteiger charge is -2.26. The maximum absolute atomic E-state index is 12.2. The van der Waals surface area contributed by atoms with Gasteiger partial charge in [-0.3, -0.25) is 14.8 Å². The molecule has 120 valence electrons. The fourth-order valence-electron chi connectivity index (χ4n) is 2.71. The number of hydrogen-bond donors (Lipinski definition) is 3. The van der Waals surface area contributed by atoms with E-state index < -0.39 is 0 Å². The molecule has 1 aromatic rings. The average Bonchev–Trinajstić information content (AvgIpc) is 2.90. The van der Waals surface area contributed by atoms with Crippen molar-refractivity contribution in [2.75, 3.05) is 26.2 Å². The van der Waals surface area contributed by atoms with Crippen LogP contribution in [-0.2, 0) is 13.0 Å². The van der Waals surface area contributed by atoms with Crippen LogP contribution in [0.5, 0.6) is 0 Å². The molecular formula is C14H26ClN5O. The summed E-state index contributed by atoms with van der Waals surface area (Å²) in [5.41, 5.74) is 2.65. The normalized spacial score (nSPS) is 15.2. The van der Waals surface area contributed by atoms with Crippen molar-refractivity contribution in [1.82, 2.24) is 25.7 Å². The quantitative estimate of drug-likeness (QED) is 0.730. The van der Waals surface area contributed by atoms with Crippen LogP contribution in [0.4, 0.5) is 0 Å². The van der Waals surface area contributed by atoms with E-state index in [1.54, 1.807) is 0 Å². The van der Waals surface area contributed by atoms with E-state index in [0.29, 0.717) is 18.3 Å². The molecule has 0 spiro atoms. The van der Waals surface area contributed by atoms with Crippen molar-refractivity contribution < 1.29 is 4.79 Å². The Hall–Kier alpha value is -1.11. The van der Waals surface area contributed by atoms with Gasteiger partial charge in [-0.15, -0.1) is 12.4 Å². The monoisotopic (exact) mass is 315 g/mol. The first-order chi connectivity index (χ1) is 9.67. The Balaban J connectivity index is 0.00000220. The average molecular weight is 316 g/mol. The number of rotatable bonds is 6. The van der Waals surface area contributed by atoms with Gasteiger partial charge in [0.05, 0.1) is 0 Å². The van der Waals surface area contributed by atoms with Gasteiger partial charge >= 0.3 is 0 Å². The summed E-state index contributed by atoms with van der Waals surface area (Å²) < 4.78 is 0. The highest BCUT2D eigenvalue weighted by Gasteiger charge is 2.22. The number of aromatic amines is 1. The smallest absolute Gasteiger partial charge is 0.272 e. The van der Waals surface area contributed by atoms with E-state index >= 15 is 0 Å². The Morgan fingerprint density at radius 1 is 1.43 bits per heavy atom. The Morgan fingerprint density at radius 2 is 2.14 bits per heavy atom. The van der Waals surface area contributed by atoms with Crippen LogP contribution in [0.1, 0.15) is 42.5 Å². The third kappa shape index (κ3) is 4.18. The lowest BCUT2D eigenvalue weighted by molar-refractivity contribution is 0.0932. The fraction of sp³-hybridized carbons (Fsp3) is 0.714. The van der Waals surface area contributed by atoms with Crippen molar-refractivity contribution in [3.63, 3.8) is 0 Å². The molecule has 1 aliphatic rings. The summed E-state index contributed by atoms with van der Waals surface area (Å²) in [6.45, 7) is 10.7. The van der Waals surface area contributed by atoms with E-state index in [2.05, 4.69) is 46.5 Å². The number of amides is 1. The molecule has 0 aliphatic carbocycles. The Morgan fingerprint density at radius 3 is 2.81 bits per heavy atom. The summed E-state index contributed by atoms with van der Waals surface area (Å²) in [6.07, 6.45) is 0.908. The molecule has 0 aromatic carbocycles. The van der Waals surface area contributed by atoms with Gasteiger partial charge in [0.2, 0.25) is 0 Å². The number of halogens is 1. The molecule has 1 amide bonds. The first-order valence-electron chi connectivity index (χ1n) is 7.46. The number of nitrogens with zero attached hydrogens (tertiary/aromatic N) is 2. The van der Waals surface area contributed by atoms with E-state index in [-0.39, 0.29) is 18.3 Å². The highest BCUT2D eigenvalue weighted by Crippen LogP contribution is 2.15. The standard InChI is InChI=1S/C14H25N5O.ClH/c1-4-19(5-2)10(3)8-16-14(20)13-11-9-15-7-6-12(11)17-18-13;/h10,15H,4-9H2,1-3H3,(H,16,20)(H,17,18);1H. The summed E-state index contributed by atoms with van der Waals surface area (Å²) in [5, 5.41) is 13.4. The summed E-state index contributed by atoms with van der Waals surface area (Å²) >= 11 is 0. The second-order valence-corrected chi connectivity index (χ2v) is 5.24. The van der Waals surface area contributed by atoms with E-state index in [1.165, 1.54) is 0 Å². The highest BCUT2D eigenvalue weighted by atomic mass is 35.5. The van der Waals surface area contributed by atoms with Crippen molar-refractivity contribution in [2.45, 2.75) is 39.8 Å². The first kappa shape index (κ1) is 17.9. The molecule has 0 radical (unpaired) electrons. The third-order valence-corrected chi connectivity index (χ3v) is 4.02. The number of carbonyl (C=O) groups excluding carboxylic acids is 1. The number of fused-ring (bicyclic) bond motifs is 1. The summed E-state index contributed by atoms with van der Waals surface area (Å²) in [4.78, 5) is 14.6. The largest absolute Gasteiger partial charge is 0.349 e. The molecule has 6 nitrogen and oxygen atoms in total. The van der Waals surface area contributed by atoms with Crippen molar-refractivity contribution in [3.8, 4) is 0 Å². The van der Waals surface area contributed by atoms with Crippen LogP contribution in [-0.4, -0.2) is 53.2 Å². The Kier molecular flexibility index (Phi) is 7.14. The molecule has 0 bridgehead atoms. The molecule has 3 N–H and O–H groups in total. The number of H-pyrrole nitrogens is 1. The molecule has 2 heterocycles. The minimum atomic E-state index is -0.0785. The van der Waals surface area contributed by atoms with Crippen molar-refractivity contribution in [3.05, 3.63) is 17.0 Å². The summed E-state index contributed by atoms with van der Waals surface area (Å²) in [6, 6.07) is 0.335. The molecule has 7 heteroatoms. The van der Waals surface area contributed by atoms with E-state index in [4.69, 9.17) is 0 Å². The molecule has 1 atom stereocenters. The predicted octanol–water partition coefficient (Wildman–Crippen LogP) is 0.937. The number of carbonyl (C=O) groups is 1. The topological polar surface area (TPSA) is 73.0 Å². The van der Waals surface area contributed by atoms with Crippen LogP contribution in [0, 0.1) is 0 Å². The van der Waals surface area contributed by atoms with Gasteiger partial charge in [0, 0.05) is 43.4 Å². The van der Waals surface area contributed by atoms with Crippen LogP contribution in [0.15, 0.2) is 0 Å². The van der Waals surface area contributed by atoms with Gasteiger partial charge in [-0.1, -0.05) is 13.8 Å². The summed E-state index contributed by atoms with van der Waals surface area (Å²) in [7, 11) is 0. The predicted molar refractivity (Wildman–Crippen MR) is 86.0 cm³/mol. The maximum atomic E-state index is 12.2. The van der Waals surface area contributed by atoms with Crippen molar-refractivity contribution >= 4 is 18.3 Å². The minimum absolute atomic E-state index is 0. The van der Waals surface area contributed by atoms with Crippen LogP contribution < -0.4 is 10.6 Å². The molecule has 0 fully saturated rings. The van der Waals surface area contributed by atoms with Gasteiger partial charge in [-0.25, -0.2) is 0 Å². The van der Waals surface area contributed by atoms with Crippen molar-refractivity contribution in [2.24, 2.45) is 0 Å². The Labute approximate surface area is 132 Å². The van der Waals surface area contributed by atoms with Gasteiger partial charge in [-0.2, -0.15) is 5.10 Å². The Bertz CT molecular complexity index is 458. The number of hydrogen-bond acceptors (Lipinski definition) is 4. The van der Waals surface area contributed by atoms with Gasteiger partial charge in [0.1, 0.15) is 0 Å². The van der Waals surface area contributed by atoms with Gasteiger partial charge in [-0.05, 0) is 20.0 Å². The lowest BCUT2D eigenvalue weighted by atomic mass is 10.1. The molecule has 1 aliphatic heterocycles. The lowest BCUT2D eigenvalue weighted by Crippen LogP contribution is -2.42. The molecule has 1 aromatic heterocycles. The van der Waals surface area contributed by atoms with E-state index in [1.807, 2.05) is 0 Å².